The van der Waals surface area contributed by atoms with Crippen molar-refractivity contribution >= 4 is 13.7 Å². The monoisotopic (exact) mass is 602 g/mol. The van der Waals surface area contributed by atoms with Crippen LogP contribution in [0.2, 0.25) is 0 Å². The number of aliphatic hydroxyl groups is 2. The van der Waals surface area contributed by atoms with Gasteiger partial charge in [-0.05, 0) is 57.8 Å². The normalized spacial score (nSPS) is 16.0. The van der Waals surface area contributed by atoms with E-state index >= 15 is 0 Å². The second-order valence-corrected chi connectivity index (χ2v) is 11.9. The molecule has 0 spiro atoms. The minimum Gasteiger partial charge on any atom is -0.393 e. The van der Waals surface area contributed by atoms with E-state index in [-0.39, 0.29) is 19.6 Å². The van der Waals surface area contributed by atoms with E-state index in [9.17, 15) is 24.5 Å². The van der Waals surface area contributed by atoms with Crippen molar-refractivity contribution in [1.29, 1.82) is 0 Å². The number of unbranched alkanes of at least 4 members (excludes halogenated alkanes) is 10. The molecule has 9 nitrogen and oxygen atoms in total. The number of nitrogens with one attached hydrogen (secondary N) is 1. The maximum atomic E-state index is 12.6. The predicted octanol–water partition coefficient (Wildman–Crippen LogP) is 6.24. The van der Waals surface area contributed by atoms with E-state index in [4.69, 9.17) is 14.8 Å². The quantitative estimate of drug-likeness (QED) is 0.0401. The second kappa shape index (κ2) is 27.5. The van der Waals surface area contributed by atoms with Crippen LogP contribution in [0, 0.1) is 0 Å². The number of hydrogen-bond acceptors (Lipinski definition) is 7. The Hall–Kier alpha value is -1.32. The Balaban J connectivity index is 4.65. The molecule has 4 atom stereocenters. The van der Waals surface area contributed by atoms with E-state index in [0.29, 0.717) is 12.8 Å². The first-order valence-electron chi connectivity index (χ1n) is 15.7. The summed E-state index contributed by atoms with van der Waals surface area (Å²) in [6, 6.07) is -0.999. The highest BCUT2D eigenvalue weighted by Crippen LogP contribution is 2.43. The summed E-state index contributed by atoms with van der Waals surface area (Å²) < 4.78 is 21.8. The lowest BCUT2D eigenvalue weighted by Crippen LogP contribution is -2.46. The minimum atomic E-state index is -4.39. The summed E-state index contributed by atoms with van der Waals surface area (Å²) in [5.74, 6) is -0.473. The molecule has 240 valence electrons. The van der Waals surface area contributed by atoms with Crippen LogP contribution in [0.5, 0.6) is 0 Å². The summed E-state index contributed by atoms with van der Waals surface area (Å²) in [7, 11) is -4.39. The molecule has 0 aromatic carbocycles. The predicted molar refractivity (Wildman–Crippen MR) is 167 cm³/mol. The third kappa shape index (κ3) is 26.1. The fourth-order valence-electron chi connectivity index (χ4n) is 4.06. The summed E-state index contributed by atoms with van der Waals surface area (Å²) in [5.41, 5.74) is 5.31. The zero-order valence-corrected chi connectivity index (χ0v) is 26.5. The van der Waals surface area contributed by atoms with Crippen molar-refractivity contribution in [3.05, 3.63) is 36.5 Å². The van der Waals surface area contributed by atoms with Crippen LogP contribution in [0.25, 0.3) is 0 Å². The highest BCUT2D eigenvalue weighted by atomic mass is 31.2. The largest absolute Gasteiger partial charge is 0.472 e. The number of nitrogens with two attached hydrogens (primary N) is 1. The summed E-state index contributed by atoms with van der Waals surface area (Å²) in [5, 5.41) is 23.6. The van der Waals surface area contributed by atoms with Crippen molar-refractivity contribution in [2.45, 2.75) is 135 Å². The van der Waals surface area contributed by atoms with Crippen LogP contribution in [-0.4, -0.2) is 59.0 Å². The van der Waals surface area contributed by atoms with Gasteiger partial charge in [-0.25, -0.2) is 4.57 Å². The maximum Gasteiger partial charge on any atom is 0.472 e. The number of hydrogen-bond donors (Lipinski definition) is 5. The molecular weight excluding hydrogens is 543 g/mol. The molecule has 0 aliphatic rings. The summed E-state index contributed by atoms with van der Waals surface area (Å²) >= 11 is 0. The van der Waals surface area contributed by atoms with E-state index in [1.165, 1.54) is 44.6 Å². The lowest BCUT2D eigenvalue weighted by Gasteiger charge is -2.24. The molecular formula is C31H59N2O7P. The van der Waals surface area contributed by atoms with E-state index in [2.05, 4.69) is 43.5 Å². The molecule has 0 heterocycles. The first-order chi connectivity index (χ1) is 19.8. The standard InChI is InChI=1S/C31H59N2O7P/c1-3-5-7-9-11-13-15-16-18-20-22-28(34)26-31(36)33-29(27-40-41(37,38)39-25-24-32)30(35)23-21-19-17-14-12-10-8-6-4-2/h11-14,21,23,28-30,34-35H,3-10,15-20,22,24-27,32H2,1-2H3,(H,33,36)(H,37,38)/b13-11-,14-12+,23-21+. The van der Waals surface area contributed by atoms with Gasteiger partial charge < -0.3 is 26.2 Å². The highest BCUT2D eigenvalue weighted by molar-refractivity contribution is 7.47. The molecule has 0 saturated carbocycles. The number of carbonyl (C=O) groups excluding carboxylic acids is 1. The van der Waals surface area contributed by atoms with Gasteiger partial charge in [0.1, 0.15) is 0 Å². The third-order valence-electron chi connectivity index (χ3n) is 6.49. The number of carbonyl (C=O) groups is 1. The number of rotatable bonds is 28. The molecule has 41 heavy (non-hydrogen) atoms. The molecule has 0 fully saturated rings. The average molecular weight is 603 g/mol. The number of aliphatic hydroxyl groups excluding tert-OH is 2. The fourth-order valence-corrected chi connectivity index (χ4v) is 4.82. The van der Waals surface area contributed by atoms with Gasteiger partial charge in [-0.3, -0.25) is 13.8 Å². The van der Waals surface area contributed by atoms with Gasteiger partial charge in [-0.15, -0.1) is 0 Å². The van der Waals surface area contributed by atoms with Crippen molar-refractivity contribution in [2.75, 3.05) is 19.8 Å². The summed E-state index contributed by atoms with van der Waals surface area (Å²) in [4.78, 5) is 22.4. The van der Waals surface area contributed by atoms with Crippen LogP contribution in [0.4, 0.5) is 0 Å². The van der Waals surface area contributed by atoms with Crippen LogP contribution in [0.15, 0.2) is 36.5 Å². The van der Waals surface area contributed by atoms with Gasteiger partial charge in [-0.2, -0.15) is 0 Å². The number of allylic oxidation sites excluding steroid dienone is 5. The van der Waals surface area contributed by atoms with Gasteiger partial charge in [0.25, 0.3) is 0 Å². The topological polar surface area (TPSA) is 151 Å². The third-order valence-corrected chi connectivity index (χ3v) is 7.48. The molecule has 1 amide bonds. The fraction of sp³-hybridized carbons (Fsp3) is 0.774. The Labute approximate surface area is 249 Å². The zero-order valence-electron chi connectivity index (χ0n) is 25.6. The first-order valence-corrected chi connectivity index (χ1v) is 17.2. The lowest BCUT2D eigenvalue weighted by molar-refractivity contribution is -0.124. The van der Waals surface area contributed by atoms with Crippen LogP contribution in [0.3, 0.4) is 0 Å². The van der Waals surface area contributed by atoms with Gasteiger partial charge >= 0.3 is 7.82 Å². The lowest BCUT2D eigenvalue weighted by atomic mass is 10.1. The molecule has 0 saturated heterocycles. The van der Waals surface area contributed by atoms with Crippen LogP contribution >= 0.6 is 7.82 Å². The molecule has 0 bridgehead atoms. The van der Waals surface area contributed by atoms with Crippen molar-refractivity contribution in [1.82, 2.24) is 5.32 Å². The van der Waals surface area contributed by atoms with E-state index in [1.807, 2.05) is 0 Å². The molecule has 0 aliphatic carbocycles. The van der Waals surface area contributed by atoms with Gasteiger partial charge in [0.15, 0.2) is 0 Å². The van der Waals surface area contributed by atoms with Crippen molar-refractivity contribution in [2.24, 2.45) is 5.73 Å². The van der Waals surface area contributed by atoms with Gasteiger partial charge in [0.05, 0.1) is 37.9 Å². The maximum absolute atomic E-state index is 12.6. The van der Waals surface area contributed by atoms with Gasteiger partial charge in [0.2, 0.25) is 5.91 Å². The molecule has 6 N–H and O–H groups in total. The number of amides is 1. The average Bonchev–Trinajstić information content (AvgIpc) is 2.94. The molecule has 0 radical (unpaired) electrons. The summed E-state index contributed by atoms with van der Waals surface area (Å²) in [6.07, 6.45) is 25.4. The van der Waals surface area contributed by atoms with E-state index in [1.54, 1.807) is 6.08 Å². The first kappa shape index (κ1) is 39.7. The molecule has 4 unspecified atom stereocenters. The number of phosphoric ester groups is 1. The SMILES string of the molecule is CCCCC/C=C\CCCCCC(O)CC(=O)NC(COP(=O)(O)OCCN)C(O)/C=C/CC/C=C/CCCCC. The van der Waals surface area contributed by atoms with Crippen LogP contribution < -0.4 is 11.1 Å². The molecule has 0 aromatic heterocycles. The molecule has 10 heteroatoms. The second-order valence-electron chi connectivity index (χ2n) is 10.5. The Morgan fingerprint density at radius 3 is 1.98 bits per heavy atom. The van der Waals surface area contributed by atoms with E-state index in [0.717, 1.165) is 44.9 Å². The Kier molecular flexibility index (Phi) is 26.6. The Morgan fingerprint density at radius 1 is 0.829 bits per heavy atom. The zero-order chi connectivity index (χ0) is 30.6. The van der Waals surface area contributed by atoms with Crippen molar-refractivity contribution in [3.63, 3.8) is 0 Å². The molecule has 0 aliphatic heterocycles. The highest BCUT2D eigenvalue weighted by Gasteiger charge is 2.27. The van der Waals surface area contributed by atoms with Gasteiger partial charge in [-0.1, -0.05) is 88.8 Å². The Morgan fingerprint density at radius 2 is 1.39 bits per heavy atom. The van der Waals surface area contributed by atoms with Crippen molar-refractivity contribution in [3.8, 4) is 0 Å². The number of phosphoric acid groups is 1. The molecule has 0 rings (SSSR count). The van der Waals surface area contributed by atoms with Crippen molar-refractivity contribution < 1.29 is 33.5 Å². The minimum absolute atomic E-state index is 0.0418. The smallest absolute Gasteiger partial charge is 0.393 e. The molecule has 0 aromatic rings. The summed E-state index contributed by atoms with van der Waals surface area (Å²) in [6.45, 7) is 3.80. The van der Waals surface area contributed by atoms with E-state index < -0.39 is 38.6 Å². The van der Waals surface area contributed by atoms with Gasteiger partial charge in [0, 0.05) is 6.54 Å². The Bertz CT molecular complexity index is 761. The van der Waals surface area contributed by atoms with Crippen LogP contribution in [0.1, 0.15) is 117 Å². The van der Waals surface area contributed by atoms with Crippen LogP contribution in [-0.2, 0) is 18.4 Å².